The molecule has 1 amide bonds. The lowest BCUT2D eigenvalue weighted by molar-refractivity contribution is -0.113. The molecule has 0 bridgehead atoms. The van der Waals surface area contributed by atoms with Gasteiger partial charge < -0.3 is 10.2 Å². The van der Waals surface area contributed by atoms with Gasteiger partial charge in [-0.3, -0.25) is 14.2 Å². The summed E-state index contributed by atoms with van der Waals surface area (Å²) >= 11 is 2.34. The highest BCUT2D eigenvalue weighted by Crippen LogP contribution is 2.25. The number of carbonyl (C=O) groups is 1. The first-order valence-corrected chi connectivity index (χ1v) is 11.3. The molecule has 0 radical (unpaired) electrons. The summed E-state index contributed by atoms with van der Waals surface area (Å²) in [5, 5.41) is 4.86. The number of rotatable bonds is 6. The van der Waals surface area contributed by atoms with Crippen LogP contribution in [-0.2, 0) is 4.79 Å². The number of benzene rings is 2. The van der Waals surface area contributed by atoms with E-state index in [2.05, 4.69) is 10.3 Å². The smallest absolute Gasteiger partial charge is 0.276 e. The van der Waals surface area contributed by atoms with Crippen molar-refractivity contribution in [2.45, 2.75) is 5.16 Å². The molecule has 0 saturated carbocycles. The largest absolute Gasteiger partial charge is 0.378 e. The monoisotopic (exact) mass is 454 g/mol. The minimum absolute atomic E-state index is 0.0198. The number of aromatic nitrogens is 2. The Morgan fingerprint density at radius 3 is 2.61 bits per heavy atom. The molecule has 0 atom stereocenters. The van der Waals surface area contributed by atoms with E-state index in [1.54, 1.807) is 23.6 Å². The fraction of sp³-hybridized carbons (Fsp3) is 0.136. The third kappa shape index (κ3) is 4.47. The lowest BCUT2D eigenvalue weighted by Gasteiger charge is -2.14. The molecule has 2 aromatic carbocycles. The first-order valence-electron chi connectivity index (χ1n) is 9.39. The van der Waals surface area contributed by atoms with Crippen molar-refractivity contribution in [3.05, 3.63) is 76.1 Å². The van der Waals surface area contributed by atoms with Crippen LogP contribution in [0, 0.1) is 5.82 Å². The van der Waals surface area contributed by atoms with Gasteiger partial charge in [0.05, 0.1) is 17.0 Å². The molecule has 0 aliphatic heterocycles. The van der Waals surface area contributed by atoms with Crippen LogP contribution in [-0.4, -0.2) is 35.3 Å². The van der Waals surface area contributed by atoms with Crippen LogP contribution in [0.5, 0.6) is 0 Å². The van der Waals surface area contributed by atoms with Crippen molar-refractivity contribution in [1.29, 1.82) is 0 Å². The minimum atomic E-state index is -0.533. The lowest BCUT2D eigenvalue weighted by Crippen LogP contribution is -2.23. The number of para-hydroxylation sites is 1. The Labute approximate surface area is 186 Å². The fourth-order valence-electron chi connectivity index (χ4n) is 3.00. The SMILES string of the molecule is CN(C)c1ccc(NC(=O)CSc2nc3ccsc3c(=O)n2-c2ccccc2F)cc1. The minimum Gasteiger partial charge on any atom is -0.378 e. The summed E-state index contributed by atoms with van der Waals surface area (Å²) in [5.41, 5.74) is 1.98. The van der Waals surface area contributed by atoms with Crippen LogP contribution >= 0.6 is 23.1 Å². The highest BCUT2D eigenvalue weighted by atomic mass is 32.2. The Balaban J connectivity index is 1.59. The molecule has 0 fully saturated rings. The Morgan fingerprint density at radius 2 is 1.90 bits per heavy atom. The highest BCUT2D eigenvalue weighted by molar-refractivity contribution is 7.99. The number of carbonyl (C=O) groups excluding carboxylic acids is 1. The van der Waals surface area contributed by atoms with Crippen LogP contribution in [0.4, 0.5) is 15.8 Å². The number of amides is 1. The zero-order valence-electron chi connectivity index (χ0n) is 16.8. The van der Waals surface area contributed by atoms with Gasteiger partial charge >= 0.3 is 0 Å². The van der Waals surface area contributed by atoms with E-state index in [4.69, 9.17) is 0 Å². The van der Waals surface area contributed by atoms with E-state index in [0.717, 1.165) is 17.4 Å². The second-order valence-electron chi connectivity index (χ2n) is 6.90. The van der Waals surface area contributed by atoms with Gasteiger partial charge in [-0.2, -0.15) is 0 Å². The maximum absolute atomic E-state index is 14.5. The van der Waals surface area contributed by atoms with E-state index in [1.807, 2.05) is 43.3 Å². The molecule has 158 valence electrons. The van der Waals surface area contributed by atoms with Gasteiger partial charge in [0.25, 0.3) is 5.56 Å². The number of nitrogens with one attached hydrogen (secondary N) is 1. The molecule has 0 spiro atoms. The Bertz CT molecular complexity index is 1300. The summed E-state index contributed by atoms with van der Waals surface area (Å²) in [7, 11) is 3.88. The predicted molar refractivity (Wildman–Crippen MR) is 125 cm³/mol. The maximum atomic E-state index is 14.5. The summed E-state index contributed by atoms with van der Waals surface area (Å²) in [6, 6.07) is 15.2. The third-order valence-electron chi connectivity index (χ3n) is 4.54. The summed E-state index contributed by atoms with van der Waals surface area (Å²) in [6.45, 7) is 0. The summed E-state index contributed by atoms with van der Waals surface area (Å²) in [4.78, 5) is 32.0. The second kappa shape index (κ2) is 8.91. The standard InChI is InChI=1S/C22H19FN4O2S2/c1-26(2)15-9-7-14(8-10-15)24-19(28)13-31-22-25-17-11-12-30-20(17)21(29)27(22)18-6-4-3-5-16(18)23/h3-12H,13H2,1-2H3,(H,24,28). The predicted octanol–water partition coefficient (Wildman–Crippen LogP) is 4.38. The third-order valence-corrected chi connectivity index (χ3v) is 6.37. The molecule has 6 nitrogen and oxygen atoms in total. The number of halogens is 1. The van der Waals surface area contributed by atoms with E-state index in [0.29, 0.717) is 15.9 Å². The van der Waals surface area contributed by atoms with Crippen molar-refractivity contribution < 1.29 is 9.18 Å². The lowest BCUT2D eigenvalue weighted by atomic mass is 10.2. The molecule has 2 heterocycles. The van der Waals surface area contributed by atoms with E-state index in [-0.39, 0.29) is 28.1 Å². The highest BCUT2D eigenvalue weighted by Gasteiger charge is 2.17. The van der Waals surface area contributed by atoms with Crippen LogP contribution in [0.15, 0.2) is 69.9 Å². The van der Waals surface area contributed by atoms with Gasteiger partial charge in [-0.05, 0) is 47.8 Å². The van der Waals surface area contributed by atoms with Gasteiger partial charge in [-0.25, -0.2) is 9.37 Å². The number of nitrogens with zero attached hydrogens (tertiary/aromatic N) is 3. The summed E-state index contributed by atoms with van der Waals surface area (Å²) in [6.07, 6.45) is 0. The fourth-order valence-corrected chi connectivity index (χ4v) is 4.57. The van der Waals surface area contributed by atoms with E-state index in [9.17, 15) is 14.0 Å². The first-order chi connectivity index (χ1) is 14.9. The van der Waals surface area contributed by atoms with Gasteiger partial charge in [0.1, 0.15) is 10.5 Å². The molecule has 0 aliphatic rings. The number of thiophene rings is 1. The quantitative estimate of drug-likeness (QED) is 0.346. The van der Waals surface area contributed by atoms with E-state index >= 15 is 0 Å². The molecule has 0 saturated heterocycles. The van der Waals surface area contributed by atoms with Gasteiger partial charge in [0.15, 0.2) is 5.16 Å². The van der Waals surface area contributed by atoms with Gasteiger partial charge in [-0.1, -0.05) is 23.9 Å². The summed E-state index contributed by atoms with van der Waals surface area (Å²) in [5.74, 6) is -0.761. The van der Waals surface area contributed by atoms with Crippen molar-refractivity contribution in [2.75, 3.05) is 30.1 Å². The van der Waals surface area contributed by atoms with Crippen LogP contribution in [0.1, 0.15) is 0 Å². The molecule has 4 aromatic rings. The molecule has 4 rings (SSSR count). The van der Waals surface area contributed by atoms with Crippen molar-refractivity contribution in [3.8, 4) is 5.69 Å². The van der Waals surface area contributed by atoms with Crippen LogP contribution in [0.3, 0.4) is 0 Å². The maximum Gasteiger partial charge on any atom is 0.276 e. The number of hydrogen-bond donors (Lipinski definition) is 1. The number of hydrogen-bond acceptors (Lipinski definition) is 6. The van der Waals surface area contributed by atoms with Crippen molar-refractivity contribution >= 4 is 50.6 Å². The Hall–Kier alpha value is -3.17. The van der Waals surface area contributed by atoms with Gasteiger partial charge in [0.2, 0.25) is 5.91 Å². The normalized spacial score (nSPS) is 10.9. The number of thioether (sulfide) groups is 1. The van der Waals surface area contributed by atoms with Crippen LogP contribution in [0.2, 0.25) is 0 Å². The molecule has 0 aliphatic carbocycles. The second-order valence-corrected chi connectivity index (χ2v) is 8.76. The molecule has 1 N–H and O–H groups in total. The van der Waals surface area contributed by atoms with Crippen molar-refractivity contribution in [1.82, 2.24) is 9.55 Å². The molecular formula is C22H19FN4O2S2. The summed E-state index contributed by atoms with van der Waals surface area (Å²) < 4.78 is 16.1. The Morgan fingerprint density at radius 1 is 1.16 bits per heavy atom. The molecule has 0 unspecified atom stereocenters. The first kappa shape index (κ1) is 21.1. The zero-order valence-corrected chi connectivity index (χ0v) is 18.5. The van der Waals surface area contributed by atoms with E-state index in [1.165, 1.54) is 28.0 Å². The van der Waals surface area contributed by atoms with Gasteiger partial charge in [0, 0.05) is 25.5 Å². The zero-order chi connectivity index (χ0) is 22.0. The van der Waals surface area contributed by atoms with E-state index < -0.39 is 5.82 Å². The van der Waals surface area contributed by atoms with Gasteiger partial charge in [-0.15, -0.1) is 11.3 Å². The molecule has 2 aromatic heterocycles. The van der Waals surface area contributed by atoms with Crippen LogP contribution < -0.4 is 15.8 Å². The Kier molecular flexibility index (Phi) is 6.06. The number of fused-ring (bicyclic) bond motifs is 1. The molecule has 31 heavy (non-hydrogen) atoms. The average molecular weight is 455 g/mol. The average Bonchev–Trinajstić information content (AvgIpc) is 3.23. The van der Waals surface area contributed by atoms with Crippen LogP contribution in [0.25, 0.3) is 15.9 Å². The van der Waals surface area contributed by atoms with Crippen molar-refractivity contribution in [2.24, 2.45) is 0 Å². The molecular weight excluding hydrogens is 435 g/mol. The van der Waals surface area contributed by atoms with Crippen molar-refractivity contribution in [3.63, 3.8) is 0 Å². The topological polar surface area (TPSA) is 67.2 Å². The number of anilines is 2. The molecule has 9 heteroatoms.